The van der Waals surface area contributed by atoms with Crippen molar-refractivity contribution < 1.29 is 18.3 Å². The molecular weight excluding hydrogens is 268 g/mol. The van der Waals surface area contributed by atoms with E-state index in [1.54, 1.807) is 12.1 Å². The number of benzene rings is 1. The van der Waals surface area contributed by atoms with Gasteiger partial charge in [0.2, 0.25) is 10.0 Å². The van der Waals surface area contributed by atoms with Gasteiger partial charge in [-0.1, -0.05) is 6.07 Å². The lowest BCUT2D eigenvalue weighted by Gasteiger charge is -2.17. The van der Waals surface area contributed by atoms with Crippen molar-refractivity contribution in [1.82, 2.24) is 0 Å². The molecule has 0 aliphatic heterocycles. The molecule has 0 saturated carbocycles. The summed E-state index contributed by atoms with van der Waals surface area (Å²) in [4.78, 5) is 12.3. The third-order valence-corrected chi connectivity index (χ3v) is 3.84. The van der Waals surface area contributed by atoms with E-state index in [-0.39, 0.29) is 0 Å². The fourth-order valence-electron chi connectivity index (χ4n) is 1.61. The SMILES string of the molecule is Cc1ccc(NS(=O)(=O)CCC(=O)O)cc1N(C)C. The van der Waals surface area contributed by atoms with Gasteiger partial charge >= 0.3 is 5.97 Å². The number of carbonyl (C=O) groups is 1. The van der Waals surface area contributed by atoms with Gasteiger partial charge in [-0.3, -0.25) is 9.52 Å². The first-order valence-corrected chi connectivity index (χ1v) is 7.37. The van der Waals surface area contributed by atoms with Gasteiger partial charge in [0, 0.05) is 19.8 Å². The van der Waals surface area contributed by atoms with Crippen LogP contribution in [0.2, 0.25) is 0 Å². The van der Waals surface area contributed by atoms with Crippen LogP contribution in [0.25, 0.3) is 0 Å². The monoisotopic (exact) mass is 286 g/mol. The van der Waals surface area contributed by atoms with Gasteiger partial charge in [0.05, 0.1) is 17.9 Å². The Labute approximate surface area is 113 Å². The Balaban J connectivity index is 2.88. The summed E-state index contributed by atoms with van der Waals surface area (Å²) in [6.45, 7) is 1.93. The molecule has 2 N–H and O–H groups in total. The van der Waals surface area contributed by atoms with E-state index >= 15 is 0 Å². The van der Waals surface area contributed by atoms with Gasteiger partial charge in [-0.05, 0) is 24.6 Å². The Kier molecular flexibility index (Phi) is 4.77. The molecule has 1 aromatic rings. The molecule has 19 heavy (non-hydrogen) atoms. The van der Waals surface area contributed by atoms with E-state index < -0.39 is 28.2 Å². The molecule has 6 nitrogen and oxygen atoms in total. The van der Waals surface area contributed by atoms with Crippen LogP contribution in [0.4, 0.5) is 11.4 Å². The number of rotatable bonds is 6. The van der Waals surface area contributed by atoms with Gasteiger partial charge in [-0.15, -0.1) is 0 Å². The summed E-state index contributed by atoms with van der Waals surface area (Å²) in [5.41, 5.74) is 2.36. The van der Waals surface area contributed by atoms with Crippen LogP contribution in [-0.4, -0.2) is 39.3 Å². The Bertz CT molecular complexity index is 567. The number of anilines is 2. The molecule has 1 aromatic carbocycles. The van der Waals surface area contributed by atoms with Crippen molar-refractivity contribution in [3.63, 3.8) is 0 Å². The highest BCUT2D eigenvalue weighted by molar-refractivity contribution is 7.92. The molecule has 0 bridgehead atoms. The van der Waals surface area contributed by atoms with Crippen molar-refractivity contribution in [3.8, 4) is 0 Å². The number of sulfonamides is 1. The van der Waals surface area contributed by atoms with Crippen molar-refractivity contribution in [2.45, 2.75) is 13.3 Å². The fraction of sp³-hybridized carbons (Fsp3) is 0.417. The second-order valence-corrected chi connectivity index (χ2v) is 6.30. The zero-order chi connectivity index (χ0) is 14.6. The first kappa shape index (κ1) is 15.3. The van der Waals surface area contributed by atoms with E-state index in [0.29, 0.717) is 5.69 Å². The summed E-state index contributed by atoms with van der Waals surface area (Å²) >= 11 is 0. The van der Waals surface area contributed by atoms with Gasteiger partial charge < -0.3 is 10.0 Å². The lowest BCUT2D eigenvalue weighted by molar-refractivity contribution is -0.136. The lowest BCUT2D eigenvalue weighted by atomic mass is 10.2. The first-order chi connectivity index (χ1) is 8.71. The van der Waals surface area contributed by atoms with Gasteiger partial charge in [-0.25, -0.2) is 8.42 Å². The number of nitrogens with one attached hydrogen (secondary N) is 1. The molecule has 106 valence electrons. The van der Waals surface area contributed by atoms with E-state index in [4.69, 9.17) is 5.11 Å². The summed E-state index contributed by atoms with van der Waals surface area (Å²) < 4.78 is 25.7. The number of nitrogens with zero attached hydrogens (tertiary/aromatic N) is 1. The Morgan fingerprint density at radius 1 is 1.37 bits per heavy atom. The topological polar surface area (TPSA) is 86.7 Å². The van der Waals surface area contributed by atoms with Gasteiger partial charge in [-0.2, -0.15) is 0 Å². The molecule has 0 aliphatic rings. The van der Waals surface area contributed by atoms with Crippen molar-refractivity contribution in [1.29, 1.82) is 0 Å². The molecule has 0 spiro atoms. The second kappa shape index (κ2) is 5.92. The molecule has 0 aliphatic carbocycles. The number of aryl methyl sites for hydroxylation is 1. The van der Waals surface area contributed by atoms with Crippen LogP contribution >= 0.6 is 0 Å². The Morgan fingerprint density at radius 3 is 2.53 bits per heavy atom. The average Bonchev–Trinajstić information content (AvgIpc) is 2.28. The average molecular weight is 286 g/mol. The minimum absolute atomic E-state index is 0.415. The van der Waals surface area contributed by atoms with E-state index in [2.05, 4.69) is 4.72 Å². The van der Waals surface area contributed by atoms with Crippen LogP contribution in [0.3, 0.4) is 0 Å². The van der Waals surface area contributed by atoms with Crippen LogP contribution in [-0.2, 0) is 14.8 Å². The minimum Gasteiger partial charge on any atom is -0.481 e. The highest BCUT2D eigenvalue weighted by atomic mass is 32.2. The highest BCUT2D eigenvalue weighted by Gasteiger charge is 2.13. The maximum Gasteiger partial charge on any atom is 0.304 e. The molecule has 0 atom stereocenters. The Hall–Kier alpha value is -1.76. The van der Waals surface area contributed by atoms with Crippen LogP contribution in [0.1, 0.15) is 12.0 Å². The van der Waals surface area contributed by atoms with Crippen molar-refractivity contribution in [2.75, 3.05) is 29.5 Å². The summed E-state index contributed by atoms with van der Waals surface area (Å²) in [5.74, 6) is -1.57. The van der Waals surface area contributed by atoms with E-state index in [1.165, 1.54) is 0 Å². The largest absolute Gasteiger partial charge is 0.481 e. The molecule has 7 heteroatoms. The predicted octanol–water partition coefficient (Wildman–Crippen LogP) is 1.28. The van der Waals surface area contributed by atoms with Crippen molar-refractivity contribution >= 4 is 27.4 Å². The lowest BCUT2D eigenvalue weighted by Crippen LogP contribution is -2.19. The highest BCUT2D eigenvalue weighted by Crippen LogP contribution is 2.23. The molecule has 0 unspecified atom stereocenters. The van der Waals surface area contributed by atoms with E-state index in [1.807, 2.05) is 32.0 Å². The van der Waals surface area contributed by atoms with E-state index in [9.17, 15) is 13.2 Å². The molecule has 0 saturated heterocycles. The summed E-state index contributed by atoms with van der Waals surface area (Å²) in [6.07, 6.45) is -0.415. The molecule has 0 amide bonds. The number of carboxylic acids is 1. The second-order valence-electron chi connectivity index (χ2n) is 4.46. The van der Waals surface area contributed by atoms with Crippen LogP contribution in [0.15, 0.2) is 18.2 Å². The number of carboxylic acid groups (broad SMARTS) is 1. The van der Waals surface area contributed by atoms with Crippen LogP contribution < -0.4 is 9.62 Å². The normalized spacial score (nSPS) is 11.1. The molecule has 0 radical (unpaired) electrons. The molecule has 0 heterocycles. The zero-order valence-electron chi connectivity index (χ0n) is 11.2. The fourth-order valence-corrected chi connectivity index (χ4v) is 2.64. The van der Waals surface area contributed by atoms with Crippen molar-refractivity contribution in [3.05, 3.63) is 23.8 Å². The predicted molar refractivity (Wildman–Crippen MR) is 75.2 cm³/mol. The summed E-state index contributed by atoms with van der Waals surface area (Å²) in [5, 5.41) is 8.50. The summed E-state index contributed by atoms with van der Waals surface area (Å²) in [7, 11) is 0.0979. The Morgan fingerprint density at radius 2 is 2.00 bits per heavy atom. The quantitative estimate of drug-likeness (QED) is 0.822. The zero-order valence-corrected chi connectivity index (χ0v) is 12.0. The number of hydrogen-bond donors (Lipinski definition) is 2. The number of aliphatic carboxylic acids is 1. The molecular formula is C12H18N2O4S. The molecule has 0 aromatic heterocycles. The van der Waals surface area contributed by atoms with Crippen LogP contribution in [0, 0.1) is 6.92 Å². The molecule has 0 fully saturated rings. The minimum atomic E-state index is -3.63. The maximum atomic E-state index is 11.7. The third kappa shape index (κ3) is 4.78. The molecule has 1 rings (SSSR count). The first-order valence-electron chi connectivity index (χ1n) is 5.71. The van der Waals surface area contributed by atoms with Crippen LogP contribution in [0.5, 0.6) is 0 Å². The standard InChI is InChI=1S/C12H18N2O4S/c1-9-4-5-10(8-11(9)14(2)3)13-19(17,18)7-6-12(15)16/h4-5,8,13H,6-7H2,1-3H3,(H,15,16). The van der Waals surface area contributed by atoms with Gasteiger partial charge in [0.15, 0.2) is 0 Å². The maximum absolute atomic E-state index is 11.7. The van der Waals surface area contributed by atoms with Crippen molar-refractivity contribution in [2.24, 2.45) is 0 Å². The smallest absolute Gasteiger partial charge is 0.304 e. The summed E-state index contributed by atoms with van der Waals surface area (Å²) in [6, 6.07) is 5.18. The van der Waals surface area contributed by atoms with Gasteiger partial charge in [0.1, 0.15) is 0 Å². The number of hydrogen-bond acceptors (Lipinski definition) is 4. The van der Waals surface area contributed by atoms with Gasteiger partial charge in [0.25, 0.3) is 0 Å². The third-order valence-electron chi connectivity index (χ3n) is 2.55. The van der Waals surface area contributed by atoms with E-state index in [0.717, 1.165) is 11.3 Å².